The Balaban J connectivity index is 2.83. The van der Waals surface area contributed by atoms with E-state index in [1.165, 1.54) is 0 Å². The Bertz CT molecular complexity index is 387. The molecule has 0 aromatic carbocycles. The standard InChI is InChI=1S/C8H4ClN2/c9-7-4-3-6-2-1-5-10-8(6)11-7/h2-5H. The molecule has 0 aliphatic heterocycles. The lowest BCUT2D eigenvalue weighted by atomic mass is 10.3. The first kappa shape index (κ1) is 6.55. The van der Waals surface area contributed by atoms with E-state index in [4.69, 9.17) is 11.6 Å². The first-order chi connectivity index (χ1) is 5.36. The second-order valence-corrected chi connectivity index (χ2v) is 2.50. The molecule has 2 heterocycles. The van der Waals surface area contributed by atoms with Gasteiger partial charge in [0.2, 0.25) is 0 Å². The highest BCUT2D eigenvalue weighted by molar-refractivity contribution is 6.29. The largest absolute Gasteiger partial charge is 0.236 e. The molecule has 0 amide bonds. The fraction of sp³-hybridized carbons (Fsp3) is 0. The molecular formula is C8H4ClN2. The molecule has 2 nitrogen and oxygen atoms in total. The summed E-state index contributed by atoms with van der Waals surface area (Å²) < 4.78 is 0. The third kappa shape index (κ3) is 1.17. The van der Waals surface area contributed by atoms with Crippen molar-refractivity contribution in [3.05, 3.63) is 35.6 Å². The number of pyridine rings is 2. The highest BCUT2D eigenvalue weighted by atomic mass is 35.5. The maximum absolute atomic E-state index is 5.66. The Morgan fingerprint density at radius 2 is 2.27 bits per heavy atom. The first-order valence-corrected chi connectivity index (χ1v) is 3.52. The van der Waals surface area contributed by atoms with Gasteiger partial charge in [-0.1, -0.05) is 11.6 Å². The Labute approximate surface area is 68.9 Å². The number of rotatable bonds is 0. The van der Waals surface area contributed by atoms with Crippen LogP contribution in [-0.2, 0) is 0 Å². The summed E-state index contributed by atoms with van der Waals surface area (Å²) in [6.45, 7) is 0. The third-order valence-electron chi connectivity index (χ3n) is 1.37. The fourth-order valence-corrected chi connectivity index (χ4v) is 1.02. The van der Waals surface area contributed by atoms with Crippen LogP contribution in [0.3, 0.4) is 0 Å². The van der Waals surface area contributed by atoms with Crippen molar-refractivity contribution in [2.24, 2.45) is 0 Å². The van der Waals surface area contributed by atoms with Crippen molar-refractivity contribution in [1.82, 2.24) is 9.97 Å². The van der Waals surface area contributed by atoms with E-state index in [1.807, 2.05) is 12.1 Å². The summed E-state index contributed by atoms with van der Waals surface area (Å²) in [6.07, 6.45) is 1.58. The van der Waals surface area contributed by atoms with Gasteiger partial charge in [0, 0.05) is 17.6 Å². The van der Waals surface area contributed by atoms with Crippen molar-refractivity contribution in [2.75, 3.05) is 0 Å². The van der Waals surface area contributed by atoms with E-state index in [9.17, 15) is 0 Å². The van der Waals surface area contributed by atoms with Crippen molar-refractivity contribution in [3.63, 3.8) is 0 Å². The molecule has 0 aliphatic carbocycles. The SMILES string of the molecule is Clc1ccc2c[c]cnc2n1. The van der Waals surface area contributed by atoms with E-state index in [0.29, 0.717) is 10.8 Å². The molecule has 0 unspecified atom stereocenters. The van der Waals surface area contributed by atoms with Crippen LogP contribution in [0.25, 0.3) is 11.0 Å². The van der Waals surface area contributed by atoms with Gasteiger partial charge in [-0.15, -0.1) is 0 Å². The van der Waals surface area contributed by atoms with Gasteiger partial charge in [-0.25, -0.2) is 9.97 Å². The molecule has 1 radical (unpaired) electrons. The fourth-order valence-electron chi connectivity index (χ4n) is 0.878. The highest BCUT2D eigenvalue weighted by Gasteiger charge is 1.94. The molecule has 2 aromatic heterocycles. The van der Waals surface area contributed by atoms with Crippen molar-refractivity contribution >= 4 is 22.6 Å². The zero-order chi connectivity index (χ0) is 7.68. The highest BCUT2D eigenvalue weighted by Crippen LogP contribution is 2.11. The van der Waals surface area contributed by atoms with Gasteiger partial charge in [0.15, 0.2) is 5.65 Å². The zero-order valence-corrected chi connectivity index (χ0v) is 6.34. The molecule has 0 N–H and O–H groups in total. The molecule has 0 spiro atoms. The Morgan fingerprint density at radius 3 is 3.18 bits per heavy atom. The lowest BCUT2D eigenvalue weighted by Crippen LogP contribution is -1.81. The van der Waals surface area contributed by atoms with Gasteiger partial charge in [0.1, 0.15) is 5.15 Å². The lowest BCUT2D eigenvalue weighted by molar-refractivity contribution is 1.28. The second kappa shape index (κ2) is 2.47. The average molecular weight is 164 g/mol. The van der Waals surface area contributed by atoms with Gasteiger partial charge in [-0.2, -0.15) is 0 Å². The molecule has 0 fully saturated rings. The van der Waals surface area contributed by atoms with E-state index < -0.39 is 0 Å². The van der Waals surface area contributed by atoms with Gasteiger partial charge in [-0.05, 0) is 18.2 Å². The van der Waals surface area contributed by atoms with Gasteiger partial charge in [0.05, 0.1) is 0 Å². The number of aromatic nitrogens is 2. The van der Waals surface area contributed by atoms with Gasteiger partial charge >= 0.3 is 0 Å². The quantitative estimate of drug-likeness (QED) is 0.556. The molecule has 2 rings (SSSR count). The monoisotopic (exact) mass is 163 g/mol. The van der Waals surface area contributed by atoms with Crippen molar-refractivity contribution in [1.29, 1.82) is 0 Å². The number of hydrogen-bond acceptors (Lipinski definition) is 2. The van der Waals surface area contributed by atoms with Gasteiger partial charge in [0.25, 0.3) is 0 Å². The van der Waals surface area contributed by atoms with Crippen LogP contribution < -0.4 is 0 Å². The summed E-state index contributed by atoms with van der Waals surface area (Å²) in [5, 5.41) is 1.42. The predicted octanol–water partition coefficient (Wildman–Crippen LogP) is 2.08. The molecule has 11 heavy (non-hydrogen) atoms. The van der Waals surface area contributed by atoms with Crippen molar-refractivity contribution < 1.29 is 0 Å². The minimum absolute atomic E-state index is 0.469. The minimum atomic E-state index is 0.469. The lowest BCUT2D eigenvalue weighted by Gasteiger charge is -1.93. The number of nitrogens with zero attached hydrogens (tertiary/aromatic N) is 2. The Kier molecular flexibility index (Phi) is 1.47. The third-order valence-corrected chi connectivity index (χ3v) is 1.58. The topological polar surface area (TPSA) is 25.8 Å². The van der Waals surface area contributed by atoms with Crippen molar-refractivity contribution in [3.8, 4) is 0 Å². The van der Waals surface area contributed by atoms with E-state index >= 15 is 0 Å². The van der Waals surface area contributed by atoms with E-state index in [1.54, 1.807) is 12.3 Å². The molecule has 53 valence electrons. The summed E-state index contributed by atoms with van der Waals surface area (Å²) in [4.78, 5) is 8.00. The zero-order valence-electron chi connectivity index (χ0n) is 5.58. The van der Waals surface area contributed by atoms with E-state index in [2.05, 4.69) is 16.0 Å². The second-order valence-electron chi connectivity index (χ2n) is 2.12. The van der Waals surface area contributed by atoms with Crippen LogP contribution in [0.5, 0.6) is 0 Å². The van der Waals surface area contributed by atoms with Crippen LogP contribution in [0.4, 0.5) is 0 Å². The van der Waals surface area contributed by atoms with Crippen molar-refractivity contribution in [2.45, 2.75) is 0 Å². The molecule has 3 heteroatoms. The summed E-state index contributed by atoms with van der Waals surface area (Å²) in [7, 11) is 0. The minimum Gasteiger partial charge on any atom is -0.236 e. The Morgan fingerprint density at radius 1 is 1.36 bits per heavy atom. The maximum atomic E-state index is 5.66. The smallest absolute Gasteiger partial charge is 0.160 e. The maximum Gasteiger partial charge on any atom is 0.160 e. The van der Waals surface area contributed by atoms with Crippen LogP contribution in [-0.4, -0.2) is 9.97 Å². The predicted molar refractivity (Wildman–Crippen MR) is 43.4 cm³/mol. The normalized spacial score (nSPS) is 10.3. The summed E-state index contributed by atoms with van der Waals surface area (Å²) in [6, 6.07) is 8.29. The van der Waals surface area contributed by atoms with Crippen LogP contribution >= 0.6 is 11.6 Å². The van der Waals surface area contributed by atoms with Gasteiger partial charge < -0.3 is 0 Å². The summed E-state index contributed by atoms with van der Waals surface area (Å²) >= 11 is 5.66. The number of fused-ring (bicyclic) bond motifs is 1. The number of halogens is 1. The molecule has 0 saturated heterocycles. The summed E-state index contributed by atoms with van der Waals surface area (Å²) in [5.74, 6) is 0. The molecule has 0 aliphatic rings. The molecular weight excluding hydrogens is 160 g/mol. The van der Waals surface area contributed by atoms with E-state index in [0.717, 1.165) is 5.39 Å². The number of hydrogen-bond donors (Lipinski definition) is 0. The van der Waals surface area contributed by atoms with Crippen LogP contribution in [0.2, 0.25) is 5.15 Å². The molecule has 0 bridgehead atoms. The molecule has 2 aromatic rings. The van der Waals surface area contributed by atoms with Crippen LogP contribution in [0.1, 0.15) is 0 Å². The average Bonchev–Trinajstić information content (AvgIpc) is 2.04. The van der Waals surface area contributed by atoms with Crippen LogP contribution in [0, 0.1) is 6.07 Å². The summed E-state index contributed by atoms with van der Waals surface area (Å²) in [5.41, 5.74) is 0.663. The molecule has 0 atom stereocenters. The van der Waals surface area contributed by atoms with Crippen LogP contribution in [0.15, 0.2) is 24.4 Å². The Hall–Kier alpha value is -1.15. The van der Waals surface area contributed by atoms with E-state index in [-0.39, 0.29) is 0 Å². The first-order valence-electron chi connectivity index (χ1n) is 3.14. The molecule has 0 saturated carbocycles. The van der Waals surface area contributed by atoms with Gasteiger partial charge in [-0.3, -0.25) is 0 Å².